The van der Waals surface area contributed by atoms with Gasteiger partial charge in [0.15, 0.2) is 5.78 Å². The number of carbonyl (C=O) groups excluding carboxylic acids is 1. The minimum absolute atomic E-state index is 0.0771. The summed E-state index contributed by atoms with van der Waals surface area (Å²) >= 11 is 0. The lowest BCUT2D eigenvalue weighted by atomic mass is 10.00. The molecule has 0 saturated carbocycles. The summed E-state index contributed by atoms with van der Waals surface area (Å²) in [5.74, 6) is -2.07. The number of ether oxygens (including phenoxy) is 2. The van der Waals surface area contributed by atoms with Gasteiger partial charge in [-0.25, -0.2) is 4.79 Å². The van der Waals surface area contributed by atoms with Gasteiger partial charge in [-0.15, -0.1) is 0 Å². The molecule has 0 aliphatic carbocycles. The van der Waals surface area contributed by atoms with Crippen LogP contribution in [-0.2, 0) is 32.2 Å². The molecule has 2 aromatic rings. The summed E-state index contributed by atoms with van der Waals surface area (Å²) < 4.78 is 11.1. The lowest BCUT2D eigenvalue weighted by Crippen LogP contribution is -2.28. The highest BCUT2D eigenvalue weighted by atomic mass is 16.7. The summed E-state index contributed by atoms with van der Waals surface area (Å²) in [4.78, 5) is 23.6. The number of nitrogens with one attached hydrogen (secondary N) is 1. The molecule has 0 aliphatic rings. The van der Waals surface area contributed by atoms with Crippen LogP contribution in [0.5, 0.6) is 0 Å². The molecule has 0 aromatic heterocycles. The highest BCUT2D eigenvalue weighted by Gasteiger charge is 2.23. The molecule has 154 valence electrons. The van der Waals surface area contributed by atoms with Crippen molar-refractivity contribution < 1.29 is 24.2 Å². The molecular formula is C23H27NO5. The maximum Gasteiger partial charge on any atom is 0.341 e. The highest BCUT2D eigenvalue weighted by molar-refractivity contribution is 6.16. The predicted octanol–water partition coefficient (Wildman–Crippen LogP) is 3.53. The van der Waals surface area contributed by atoms with E-state index < -0.39 is 11.8 Å². The van der Waals surface area contributed by atoms with Crippen LogP contribution in [0.15, 0.2) is 71.9 Å². The van der Waals surface area contributed by atoms with Crippen LogP contribution in [0.2, 0.25) is 0 Å². The van der Waals surface area contributed by atoms with Crippen LogP contribution in [0.25, 0.3) is 0 Å². The molecule has 0 heterocycles. The zero-order valence-electron chi connectivity index (χ0n) is 16.8. The lowest BCUT2D eigenvalue weighted by Gasteiger charge is -2.20. The molecular weight excluding hydrogens is 370 g/mol. The van der Waals surface area contributed by atoms with E-state index in [1.807, 2.05) is 67.6 Å². The zero-order chi connectivity index (χ0) is 21.1. The molecule has 2 rings (SSSR count). The maximum absolute atomic E-state index is 11.9. The van der Waals surface area contributed by atoms with E-state index in [0.29, 0.717) is 18.8 Å². The monoisotopic (exact) mass is 397 g/mol. The molecule has 0 spiro atoms. The second-order valence-electron chi connectivity index (χ2n) is 6.71. The van der Waals surface area contributed by atoms with Crippen LogP contribution < -0.4 is 5.32 Å². The maximum atomic E-state index is 11.9. The van der Waals surface area contributed by atoms with Gasteiger partial charge in [-0.05, 0) is 18.1 Å². The lowest BCUT2D eigenvalue weighted by molar-refractivity contribution is -0.134. The van der Waals surface area contributed by atoms with Crippen molar-refractivity contribution in [3.63, 3.8) is 0 Å². The Balaban J connectivity index is 1.96. The van der Waals surface area contributed by atoms with E-state index in [9.17, 15) is 14.7 Å². The summed E-state index contributed by atoms with van der Waals surface area (Å²) in [6, 6.07) is 19.3. The van der Waals surface area contributed by atoms with Crippen molar-refractivity contribution in [1.29, 1.82) is 0 Å². The molecule has 0 amide bonds. The second-order valence-corrected chi connectivity index (χ2v) is 6.71. The quantitative estimate of drug-likeness (QED) is 0.187. The van der Waals surface area contributed by atoms with Gasteiger partial charge in [0.2, 0.25) is 0 Å². The van der Waals surface area contributed by atoms with Crippen LogP contribution in [-0.4, -0.2) is 30.3 Å². The fourth-order valence-electron chi connectivity index (χ4n) is 2.86. The second kappa shape index (κ2) is 11.8. The third kappa shape index (κ3) is 7.52. The van der Waals surface area contributed by atoms with Gasteiger partial charge in [-0.3, -0.25) is 4.79 Å². The molecule has 0 unspecified atom stereocenters. The van der Waals surface area contributed by atoms with Gasteiger partial charge < -0.3 is 19.9 Å². The van der Waals surface area contributed by atoms with Crippen LogP contribution in [0, 0.1) is 5.92 Å². The number of hydrogen-bond acceptors (Lipinski definition) is 5. The Morgan fingerprint density at radius 3 is 2.10 bits per heavy atom. The van der Waals surface area contributed by atoms with Crippen LogP contribution in [0.4, 0.5) is 0 Å². The van der Waals surface area contributed by atoms with E-state index in [0.717, 1.165) is 11.1 Å². The molecule has 0 saturated heterocycles. The average Bonchev–Trinajstić information content (AvgIpc) is 2.71. The van der Waals surface area contributed by atoms with E-state index in [1.54, 1.807) is 0 Å². The number of benzene rings is 2. The van der Waals surface area contributed by atoms with E-state index >= 15 is 0 Å². The summed E-state index contributed by atoms with van der Waals surface area (Å²) in [5, 5.41) is 12.6. The van der Waals surface area contributed by atoms with Gasteiger partial charge in [0.25, 0.3) is 0 Å². The first-order valence-corrected chi connectivity index (χ1v) is 9.44. The van der Waals surface area contributed by atoms with Crippen molar-refractivity contribution >= 4 is 11.8 Å². The molecule has 0 bridgehead atoms. The third-order valence-electron chi connectivity index (χ3n) is 4.30. The number of rotatable bonds is 12. The summed E-state index contributed by atoms with van der Waals surface area (Å²) in [5.41, 5.74) is 2.13. The van der Waals surface area contributed by atoms with Gasteiger partial charge in [0.05, 0.1) is 13.2 Å². The molecule has 2 N–H and O–H groups in total. The first-order chi connectivity index (χ1) is 14.0. The third-order valence-corrected chi connectivity index (χ3v) is 4.30. The molecule has 6 nitrogen and oxygen atoms in total. The Morgan fingerprint density at radius 2 is 1.55 bits per heavy atom. The highest BCUT2D eigenvalue weighted by Crippen LogP contribution is 2.16. The number of carboxylic acids is 1. The number of carboxylic acid groups (broad SMARTS) is 1. The van der Waals surface area contributed by atoms with Gasteiger partial charge in [0, 0.05) is 18.2 Å². The Morgan fingerprint density at radius 1 is 0.966 bits per heavy atom. The number of ketones is 1. The first kappa shape index (κ1) is 22.3. The van der Waals surface area contributed by atoms with E-state index in [2.05, 4.69) is 5.32 Å². The van der Waals surface area contributed by atoms with Crippen LogP contribution in [0.1, 0.15) is 25.0 Å². The Bertz CT molecular complexity index is 802. The number of Topliss-reactive ketones (excluding diaryl/α,β-unsaturated/α-hetero) is 1. The van der Waals surface area contributed by atoms with Crippen molar-refractivity contribution in [3.8, 4) is 0 Å². The topological polar surface area (TPSA) is 84.9 Å². The largest absolute Gasteiger partial charge is 0.477 e. The minimum Gasteiger partial charge on any atom is -0.477 e. The SMILES string of the molecule is CC(=O)/C(C(=O)O)=C(/NCc1ccccc1)[C@@H](C)COCOCc1ccccc1. The fourth-order valence-corrected chi connectivity index (χ4v) is 2.86. The first-order valence-electron chi connectivity index (χ1n) is 9.44. The molecule has 2 aromatic carbocycles. The fraction of sp³-hybridized carbons (Fsp3) is 0.304. The standard InChI is InChI=1S/C23H27NO5/c1-17(14-28-16-29-15-20-11-7-4-8-12-20)22(21(18(2)25)23(26)27)24-13-19-9-5-3-6-10-19/h3-12,17,24H,13-16H2,1-2H3,(H,26,27)/b22-21-/t17-/m0/s1. The molecule has 6 heteroatoms. The van der Waals surface area contributed by atoms with Gasteiger partial charge in [-0.2, -0.15) is 0 Å². The number of hydrogen-bond donors (Lipinski definition) is 2. The smallest absolute Gasteiger partial charge is 0.341 e. The summed E-state index contributed by atoms with van der Waals surface area (Å²) in [6.45, 7) is 4.21. The van der Waals surface area contributed by atoms with Gasteiger partial charge in [-0.1, -0.05) is 67.6 Å². The zero-order valence-corrected chi connectivity index (χ0v) is 16.8. The Labute approximate surface area is 171 Å². The number of carbonyl (C=O) groups is 2. The van der Waals surface area contributed by atoms with E-state index in [4.69, 9.17) is 9.47 Å². The normalized spacial score (nSPS) is 12.8. The molecule has 0 fully saturated rings. The van der Waals surface area contributed by atoms with Crippen molar-refractivity contribution in [3.05, 3.63) is 83.1 Å². The number of aliphatic carboxylic acids is 1. The Kier molecular flexibility index (Phi) is 9.08. The van der Waals surface area contributed by atoms with Crippen LogP contribution in [0.3, 0.4) is 0 Å². The summed E-state index contributed by atoms with van der Waals surface area (Å²) in [6.07, 6.45) is 0. The van der Waals surface area contributed by atoms with Crippen molar-refractivity contribution in [2.24, 2.45) is 5.92 Å². The Hall–Kier alpha value is -2.96. The van der Waals surface area contributed by atoms with E-state index in [-0.39, 0.29) is 24.9 Å². The van der Waals surface area contributed by atoms with E-state index in [1.165, 1.54) is 6.92 Å². The summed E-state index contributed by atoms with van der Waals surface area (Å²) in [7, 11) is 0. The van der Waals surface area contributed by atoms with Crippen molar-refractivity contribution in [2.75, 3.05) is 13.4 Å². The molecule has 29 heavy (non-hydrogen) atoms. The van der Waals surface area contributed by atoms with Crippen molar-refractivity contribution in [2.45, 2.75) is 27.0 Å². The molecule has 0 radical (unpaired) electrons. The average molecular weight is 397 g/mol. The van der Waals surface area contributed by atoms with Crippen LogP contribution >= 0.6 is 0 Å². The van der Waals surface area contributed by atoms with Gasteiger partial charge >= 0.3 is 5.97 Å². The minimum atomic E-state index is -1.25. The van der Waals surface area contributed by atoms with Crippen molar-refractivity contribution in [1.82, 2.24) is 5.32 Å². The molecule has 1 atom stereocenters. The van der Waals surface area contributed by atoms with Gasteiger partial charge in [0.1, 0.15) is 12.4 Å². The molecule has 0 aliphatic heterocycles. The predicted molar refractivity (Wildman–Crippen MR) is 110 cm³/mol.